The molecule has 1 fully saturated rings. The fraction of sp³-hybridized carbons (Fsp3) is 0.778. The number of hydrogen-bond donors (Lipinski definition) is 1. The summed E-state index contributed by atoms with van der Waals surface area (Å²) in [5.41, 5.74) is 1.19. The summed E-state index contributed by atoms with van der Waals surface area (Å²) in [7, 11) is 0. The van der Waals surface area contributed by atoms with Gasteiger partial charge in [0.15, 0.2) is 0 Å². The van der Waals surface area contributed by atoms with Crippen molar-refractivity contribution in [1.29, 1.82) is 0 Å². The van der Waals surface area contributed by atoms with Crippen LogP contribution in [0.1, 0.15) is 20.3 Å². The summed E-state index contributed by atoms with van der Waals surface area (Å²) in [5.74, 6) is 2.10. The summed E-state index contributed by atoms with van der Waals surface area (Å²) >= 11 is 0. The van der Waals surface area contributed by atoms with Crippen LogP contribution in [0.4, 0.5) is 0 Å². The Morgan fingerprint density at radius 2 is 2.30 bits per heavy atom. The van der Waals surface area contributed by atoms with Crippen LogP contribution in [0.25, 0.3) is 0 Å². The van der Waals surface area contributed by atoms with Crippen LogP contribution in [0.5, 0.6) is 0 Å². The van der Waals surface area contributed by atoms with Crippen LogP contribution in [0.15, 0.2) is 11.6 Å². The maximum Gasteiger partial charge on any atom is 0.0778 e. The first-order valence-electron chi connectivity index (χ1n) is 4.06. The molecule has 56 valence electrons. The van der Waals surface area contributed by atoms with Gasteiger partial charge >= 0.3 is 0 Å². The Balaban J connectivity index is 2.25. The van der Waals surface area contributed by atoms with Crippen molar-refractivity contribution in [3.63, 3.8) is 0 Å². The van der Waals surface area contributed by atoms with Gasteiger partial charge in [0.2, 0.25) is 0 Å². The Kier molecular flexibility index (Phi) is 1.19. The molecule has 1 nitrogen and oxygen atoms in total. The highest BCUT2D eigenvalue weighted by Gasteiger charge is 2.44. The van der Waals surface area contributed by atoms with E-state index >= 15 is 0 Å². The second kappa shape index (κ2) is 1.85. The lowest BCUT2D eigenvalue weighted by Gasteiger charge is -2.48. The van der Waals surface area contributed by atoms with E-state index in [-0.39, 0.29) is 6.10 Å². The predicted octanol–water partition coefficient (Wildman–Crippen LogP) is 1.58. The Bertz CT molecular complexity index is 183. The lowest BCUT2D eigenvalue weighted by Crippen LogP contribution is -2.45. The topological polar surface area (TPSA) is 20.2 Å². The highest BCUT2D eigenvalue weighted by atomic mass is 16.3. The van der Waals surface area contributed by atoms with Gasteiger partial charge in [-0.1, -0.05) is 13.0 Å². The fourth-order valence-electron chi connectivity index (χ4n) is 2.28. The number of aliphatic hydroxyl groups is 1. The molecule has 0 heterocycles. The molecule has 0 aromatic heterocycles. The second-order valence-corrected chi connectivity index (χ2v) is 3.78. The minimum atomic E-state index is -0.125. The highest BCUT2D eigenvalue weighted by molar-refractivity contribution is 5.20. The van der Waals surface area contributed by atoms with E-state index in [1.165, 1.54) is 12.0 Å². The molecule has 4 atom stereocenters. The number of aliphatic hydroxyl groups excluding tert-OH is 1. The summed E-state index contributed by atoms with van der Waals surface area (Å²) in [4.78, 5) is 0. The van der Waals surface area contributed by atoms with Gasteiger partial charge in [-0.3, -0.25) is 0 Å². The molecule has 0 saturated heterocycles. The van der Waals surface area contributed by atoms with Gasteiger partial charge in [-0.25, -0.2) is 0 Å². The predicted molar refractivity (Wildman–Crippen MR) is 40.5 cm³/mol. The minimum Gasteiger partial charge on any atom is -0.388 e. The summed E-state index contributed by atoms with van der Waals surface area (Å²) < 4.78 is 0. The van der Waals surface area contributed by atoms with Crippen LogP contribution >= 0.6 is 0 Å². The molecule has 1 saturated carbocycles. The van der Waals surface area contributed by atoms with Crippen molar-refractivity contribution in [2.75, 3.05) is 0 Å². The quantitative estimate of drug-likeness (QED) is 0.504. The Hall–Kier alpha value is -0.300. The SMILES string of the molecule is CC1=CC2CC(C1O)C2C. The molecule has 0 amide bonds. The zero-order valence-electron chi connectivity index (χ0n) is 6.54. The molecule has 2 bridgehead atoms. The minimum absolute atomic E-state index is 0.125. The Labute approximate surface area is 61.8 Å². The molecule has 3 aliphatic rings. The monoisotopic (exact) mass is 138 g/mol. The highest BCUT2D eigenvalue weighted by Crippen LogP contribution is 2.48. The maximum atomic E-state index is 9.59. The van der Waals surface area contributed by atoms with Gasteiger partial charge in [0.1, 0.15) is 0 Å². The van der Waals surface area contributed by atoms with Gasteiger partial charge in [0.05, 0.1) is 6.10 Å². The molecule has 4 unspecified atom stereocenters. The number of allylic oxidation sites excluding steroid dienone is 1. The summed E-state index contributed by atoms with van der Waals surface area (Å²) in [5, 5.41) is 9.59. The molecule has 0 aliphatic heterocycles. The summed E-state index contributed by atoms with van der Waals surface area (Å²) in [6.07, 6.45) is 3.34. The number of rotatable bonds is 0. The molecule has 10 heavy (non-hydrogen) atoms. The zero-order chi connectivity index (χ0) is 7.30. The fourth-order valence-corrected chi connectivity index (χ4v) is 2.28. The lowest BCUT2D eigenvalue weighted by atomic mass is 9.58. The van der Waals surface area contributed by atoms with Crippen LogP contribution in [-0.2, 0) is 0 Å². The molecule has 3 rings (SSSR count). The van der Waals surface area contributed by atoms with E-state index in [1.807, 2.05) is 6.92 Å². The molecule has 1 heteroatoms. The standard InChI is InChI=1S/C9H14O/c1-5-3-7-4-8(6(7)2)9(5)10/h3,6-10H,4H2,1-2H3. The number of hydrogen-bond acceptors (Lipinski definition) is 1. The summed E-state index contributed by atoms with van der Waals surface area (Å²) in [6.45, 7) is 4.28. The zero-order valence-corrected chi connectivity index (χ0v) is 6.54. The Morgan fingerprint density at radius 3 is 2.70 bits per heavy atom. The van der Waals surface area contributed by atoms with Gasteiger partial charge in [-0.2, -0.15) is 0 Å². The Morgan fingerprint density at radius 1 is 1.60 bits per heavy atom. The first-order chi connectivity index (χ1) is 4.70. The normalized spacial score (nSPS) is 51.7. The van der Waals surface area contributed by atoms with Gasteiger partial charge in [0.25, 0.3) is 0 Å². The molecule has 1 N–H and O–H groups in total. The van der Waals surface area contributed by atoms with E-state index in [1.54, 1.807) is 0 Å². The van der Waals surface area contributed by atoms with Crippen LogP contribution in [0, 0.1) is 17.8 Å². The largest absolute Gasteiger partial charge is 0.388 e. The van der Waals surface area contributed by atoms with Gasteiger partial charge in [-0.05, 0) is 36.7 Å². The third-order valence-corrected chi connectivity index (χ3v) is 3.24. The molecule has 3 aliphatic carbocycles. The average molecular weight is 138 g/mol. The van der Waals surface area contributed by atoms with Crippen molar-refractivity contribution in [2.24, 2.45) is 17.8 Å². The molecule has 0 aromatic rings. The first-order valence-corrected chi connectivity index (χ1v) is 4.06. The van der Waals surface area contributed by atoms with E-state index in [4.69, 9.17) is 0 Å². The van der Waals surface area contributed by atoms with E-state index < -0.39 is 0 Å². The van der Waals surface area contributed by atoms with Gasteiger partial charge in [0, 0.05) is 0 Å². The maximum absolute atomic E-state index is 9.59. The molecular weight excluding hydrogens is 124 g/mol. The third kappa shape index (κ3) is 0.615. The van der Waals surface area contributed by atoms with Crippen molar-refractivity contribution >= 4 is 0 Å². The van der Waals surface area contributed by atoms with Crippen molar-refractivity contribution in [2.45, 2.75) is 26.4 Å². The molecule has 0 radical (unpaired) electrons. The first kappa shape index (κ1) is 6.41. The summed E-state index contributed by atoms with van der Waals surface area (Å²) in [6, 6.07) is 0. The second-order valence-electron chi connectivity index (χ2n) is 3.78. The van der Waals surface area contributed by atoms with Crippen molar-refractivity contribution in [3.8, 4) is 0 Å². The third-order valence-electron chi connectivity index (χ3n) is 3.24. The van der Waals surface area contributed by atoms with Crippen LogP contribution in [0.3, 0.4) is 0 Å². The average Bonchev–Trinajstić information content (AvgIpc) is 1.92. The van der Waals surface area contributed by atoms with Crippen molar-refractivity contribution < 1.29 is 5.11 Å². The van der Waals surface area contributed by atoms with Gasteiger partial charge < -0.3 is 5.11 Å². The van der Waals surface area contributed by atoms with E-state index in [9.17, 15) is 5.11 Å². The van der Waals surface area contributed by atoms with Crippen LogP contribution in [-0.4, -0.2) is 11.2 Å². The van der Waals surface area contributed by atoms with E-state index in [2.05, 4.69) is 13.0 Å². The van der Waals surface area contributed by atoms with Crippen LogP contribution in [0.2, 0.25) is 0 Å². The molecule has 0 spiro atoms. The smallest absolute Gasteiger partial charge is 0.0778 e. The molecular formula is C9H14O. The van der Waals surface area contributed by atoms with Crippen molar-refractivity contribution in [3.05, 3.63) is 11.6 Å². The van der Waals surface area contributed by atoms with E-state index in [0.717, 1.165) is 11.8 Å². The number of fused-ring (bicyclic) bond motifs is 1. The van der Waals surface area contributed by atoms with E-state index in [0.29, 0.717) is 5.92 Å². The van der Waals surface area contributed by atoms with Crippen molar-refractivity contribution in [1.82, 2.24) is 0 Å². The van der Waals surface area contributed by atoms with Crippen LogP contribution < -0.4 is 0 Å². The lowest BCUT2D eigenvalue weighted by molar-refractivity contribution is -0.00490. The van der Waals surface area contributed by atoms with Gasteiger partial charge in [-0.15, -0.1) is 0 Å². The molecule has 0 aromatic carbocycles.